The van der Waals surface area contributed by atoms with Crippen molar-refractivity contribution in [3.05, 3.63) is 22.7 Å². The van der Waals surface area contributed by atoms with Gasteiger partial charge in [-0.2, -0.15) is 4.98 Å². The number of carboxylic acid groups (broad SMARTS) is 1. The van der Waals surface area contributed by atoms with Crippen molar-refractivity contribution in [1.29, 1.82) is 0 Å². The molecule has 1 aliphatic rings. The minimum absolute atomic E-state index is 0.143. The van der Waals surface area contributed by atoms with Crippen LogP contribution in [-0.2, 0) is 14.3 Å². The second-order valence-corrected chi connectivity index (χ2v) is 5.43. The Morgan fingerprint density at radius 2 is 2.08 bits per heavy atom. The van der Waals surface area contributed by atoms with E-state index in [1.807, 2.05) is 0 Å². The van der Waals surface area contributed by atoms with Gasteiger partial charge in [0.15, 0.2) is 6.23 Å². The predicted octanol–water partition coefficient (Wildman–Crippen LogP) is -3.40. The van der Waals surface area contributed by atoms with Crippen LogP contribution in [0.2, 0.25) is 0 Å². The van der Waals surface area contributed by atoms with Gasteiger partial charge in [-0.1, -0.05) is 0 Å². The van der Waals surface area contributed by atoms with Gasteiger partial charge in [-0.25, -0.2) is 4.79 Å². The first-order valence-electron chi connectivity index (χ1n) is 7.24. The number of amides is 1. The van der Waals surface area contributed by atoms with Crippen molar-refractivity contribution in [2.45, 2.75) is 37.0 Å². The first-order chi connectivity index (χ1) is 11.7. The van der Waals surface area contributed by atoms with Crippen LogP contribution in [0.25, 0.3) is 0 Å². The van der Waals surface area contributed by atoms with E-state index in [-0.39, 0.29) is 5.82 Å². The minimum atomic E-state index is -1.45. The molecule has 138 valence electrons. The predicted molar refractivity (Wildman–Crippen MR) is 80.4 cm³/mol. The number of anilines is 1. The van der Waals surface area contributed by atoms with Gasteiger partial charge in [-0.15, -0.1) is 0 Å². The summed E-state index contributed by atoms with van der Waals surface area (Å²) in [6.45, 7) is -0.547. The minimum Gasteiger partial charge on any atom is -0.480 e. The molecular formula is C13H18N4O8. The van der Waals surface area contributed by atoms with Crippen molar-refractivity contribution in [3.8, 4) is 0 Å². The van der Waals surface area contributed by atoms with Crippen molar-refractivity contribution in [2.24, 2.45) is 5.73 Å². The maximum Gasteiger partial charge on any atom is 0.351 e. The summed E-state index contributed by atoms with van der Waals surface area (Å²) in [5.74, 6) is -2.23. The fraction of sp³-hybridized carbons (Fsp3) is 0.538. The molecule has 5 atom stereocenters. The van der Waals surface area contributed by atoms with Crippen LogP contribution in [0.5, 0.6) is 0 Å². The number of rotatable bonds is 6. The number of hydrogen-bond donors (Lipinski definition) is 6. The van der Waals surface area contributed by atoms with Crippen LogP contribution in [0.3, 0.4) is 0 Å². The molecular weight excluding hydrogens is 340 g/mol. The van der Waals surface area contributed by atoms with Crippen LogP contribution >= 0.6 is 0 Å². The number of carbonyl (C=O) groups excluding carboxylic acids is 1. The number of carbonyl (C=O) groups is 2. The highest BCUT2D eigenvalue weighted by Gasteiger charge is 2.43. The summed E-state index contributed by atoms with van der Waals surface area (Å²) in [6, 6.07) is -0.167. The van der Waals surface area contributed by atoms with Crippen LogP contribution < -0.4 is 16.7 Å². The summed E-state index contributed by atoms with van der Waals surface area (Å²) in [4.78, 5) is 37.8. The summed E-state index contributed by atoms with van der Waals surface area (Å²) >= 11 is 0. The molecule has 12 nitrogen and oxygen atoms in total. The molecule has 0 spiro atoms. The molecule has 1 aromatic heterocycles. The fourth-order valence-corrected chi connectivity index (χ4v) is 2.27. The maximum absolute atomic E-state index is 12.0. The van der Waals surface area contributed by atoms with E-state index in [1.54, 1.807) is 0 Å². The highest BCUT2D eigenvalue weighted by atomic mass is 16.6. The Labute approximate surface area is 140 Å². The Balaban J connectivity index is 2.10. The Hall–Kier alpha value is -2.38. The third-order valence-corrected chi connectivity index (χ3v) is 3.61. The Kier molecular flexibility index (Phi) is 5.81. The highest BCUT2D eigenvalue weighted by Crippen LogP contribution is 2.28. The van der Waals surface area contributed by atoms with Gasteiger partial charge in [0.1, 0.15) is 30.2 Å². The molecule has 1 saturated heterocycles. The quantitative estimate of drug-likeness (QED) is 0.298. The number of aliphatic hydroxyl groups excluding tert-OH is 3. The van der Waals surface area contributed by atoms with Crippen molar-refractivity contribution >= 4 is 17.7 Å². The lowest BCUT2D eigenvalue weighted by Crippen LogP contribution is -2.36. The van der Waals surface area contributed by atoms with E-state index in [0.29, 0.717) is 0 Å². The SMILES string of the molecule is N[C@@H](CC(=O)Nc1ccn(C2OC(CO)C(O)C2O)c(=O)n1)C(=O)O. The summed E-state index contributed by atoms with van der Waals surface area (Å²) in [5, 5.41) is 39.5. The summed E-state index contributed by atoms with van der Waals surface area (Å²) in [5.41, 5.74) is 4.33. The molecule has 1 aliphatic heterocycles. The highest BCUT2D eigenvalue weighted by molar-refractivity contribution is 5.93. The van der Waals surface area contributed by atoms with Crippen molar-refractivity contribution < 1.29 is 34.8 Å². The molecule has 0 radical (unpaired) electrons. The molecule has 7 N–H and O–H groups in total. The summed E-state index contributed by atoms with van der Waals surface area (Å²) in [6.07, 6.45) is -4.47. The van der Waals surface area contributed by atoms with Gasteiger partial charge in [-0.3, -0.25) is 14.2 Å². The normalized spacial score (nSPS) is 27.0. The maximum atomic E-state index is 12.0. The van der Waals surface area contributed by atoms with Gasteiger partial charge < -0.3 is 36.2 Å². The largest absolute Gasteiger partial charge is 0.480 e. The van der Waals surface area contributed by atoms with Crippen LogP contribution in [-0.4, -0.2) is 72.8 Å². The number of nitrogens with one attached hydrogen (secondary N) is 1. The van der Waals surface area contributed by atoms with Crippen LogP contribution in [0, 0.1) is 0 Å². The number of aliphatic hydroxyl groups is 3. The standard InChI is InChI=1S/C13H18N4O8/c14-5(12(22)23)3-8(19)15-7-1-2-17(13(24)16-7)11-10(21)9(20)6(4-18)25-11/h1-2,5-6,9-11,18,20-21H,3-4,14H2,(H,22,23)(H,15,16,19,24)/t5-,6?,9?,10?,11?/m0/s1. The second-order valence-electron chi connectivity index (χ2n) is 5.43. The Bertz CT molecular complexity index is 708. The van der Waals surface area contributed by atoms with Gasteiger partial charge >= 0.3 is 11.7 Å². The molecule has 2 rings (SSSR count). The van der Waals surface area contributed by atoms with Crippen LogP contribution in [0.15, 0.2) is 17.1 Å². The summed E-state index contributed by atoms with van der Waals surface area (Å²) in [7, 11) is 0. The molecule has 2 heterocycles. The average Bonchev–Trinajstić information content (AvgIpc) is 2.82. The zero-order chi connectivity index (χ0) is 18.7. The molecule has 4 unspecified atom stereocenters. The van der Waals surface area contributed by atoms with E-state index in [1.165, 1.54) is 12.3 Å². The fourth-order valence-electron chi connectivity index (χ4n) is 2.27. The van der Waals surface area contributed by atoms with Crippen LogP contribution in [0.1, 0.15) is 12.6 Å². The number of aliphatic carboxylic acids is 1. The number of hydrogen-bond acceptors (Lipinski definition) is 9. The van der Waals surface area contributed by atoms with E-state index in [9.17, 15) is 24.6 Å². The van der Waals surface area contributed by atoms with Gasteiger partial charge in [-0.05, 0) is 6.07 Å². The number of nitrogens with zero attached hydrogens (tertiary/aromatic N) is 2. The van der Waals surface area contributed by atoms with Crippen molar-refractivity contribution in [1.82, 2.24) is 9.55 Å². The molecule has 0 aromatic carbocycles. The Morgan fingerprint density at radius 1 is 1.40 bits per heavy atom. The van der Waals surface area contributed by atoms with Gasteiger partial charge in [0.2, 0.25) is 5.91 Å². The second kappa shape index (κ2) is 7.67. The smallest absolute Gasteiger partial charge is 0.351 e. The first-order valence-corrected chi connectivity index (χ1v) is 7.24. The van der Waals surface area contributed by atoms with E-state index in [4.69, 9.17) is 20.7 Å². The lowest BCUT2D eigenvalue weighted by Gasteiger charge is -2.17. The van der Waals surface area contributed by atoms with Gasteiger partial charge in [0.05, 0.1) is 13.0 Å². The van der Waals surface area contributed by atoms with E-state index >= 15 is 0 Å². The molecule has 1 aromatic rings. The number of nitrogens with two attached hydrogens (primary N) is 1. The Morgan fingerprint density at radius 3 is 2.60 bits per heavy atom. The molecule has 1 amide bonds. The molecule has 0 aliphatic carbocycles. The van der Waals surface area contributed by atoms with E-state index in [0.717, 1.165) is 4.57 Å². The first kappa shape index (κ1) is 19.0. The monoisotopic (exact) mass is 358 g/mol. The number of ether oxygens (including phenoxy) is 1. The van der Waals surface area contributed by atoms with E-state index in [2.05, 4.69) is 10.3 Å². The summed E-state index contributed by atoms with van der Waals surface area (Å²) < 4.78 is 6.10. The molecule has 0 saturated carbocycles. The van der Waals surface area contributed by atoms with E-state index < -0.39 is 61.2 Å². The van der Waals surface area contributed by atoms with Crippen molar-refractivity contribution in [2.75, 3.05) is 11.9 Å². The zero-order valence-corrected chi connectivity index (χ0v) is 12.8. The number of aromatic nitrogens is 2. The van der Waals surface area contributed by atoms with Crippen molar-refractivity contribution in [3.63, 3.8) is 0 Å². The topological polar surface area (TPSA) is 197 Å². The third-order valence-electron chi connectivity index (χ3n) is 3.61. The van der Waals surface area contributed by atoms with Crippen LogP contribution in [0.4, 0.5) is 5.82 Å². The average molecular weight is 358 g/mol. The van der Waals surface area contributed by atoms with Gasteiger partial charge in [0.25, 0.3) is 0 Å². The van der Waals surface area contributed by atoms with Gasteiger partial charge in [0, 0.05) is 6.20 Å². The lowest BCUT2D eigenvalue weighted by atomic mass is 10.1. The molecule has 0 bridgehead atoms. The molecule has 25 heavy (non-hydrogen) atoms. The third kappa shape index (κ3) is 4.18. The molecule has 12 heteroatoms. The lowest BCUT2D eigenvalue weighted by molar-refractivity contribution is -0.140. The zero-order valence-electron chi connectivity index (χ0n) is 12.8. The number of carboxylic acids is 1. The molecule has 1 fully saturated rings.